The number of hydrogen-bond donors (Lipinski definition) is 2. The number of carbonyl (C=O) groups is 2. The van der Waals surface area contributed by atoms with Gasteiger partial charge in [0.2, 0.25) is 11.8 Å². The first-order valence-electron chi connectivity index (χ1n) is 8.64. The van der Waals surface area contributed by atoms with Crippen LogP contribution in [0.1, 0.15) is 5.89 Å². The number of nitrogens with one attached hydrogen (secondary N) is 2. The molecule has 0 atom stereocenters. The monoisotopic (exact) mass is 494 g/mol. The summed E-state index contributed by atoms with van der Waals surface area (Å²) in [6.45, 7) is -0.151. The molecular weight excluding hydrogens is 479 g/mol. The van der Waals surface area contributed by atoms with E-state index in [1.54, 1.807) is 18.2 Å². The summed E-state index contributed by atoms with van der Waals surface area (Å²) >= 11 is 4.37. The number of benzene rings is 2. The van der Waals surface area contributed by atoms with Gasteiger partial charge in [-0.3, -0.25) is 9.59 Å². The second-order valence-corrected chi connectivity index (χ2v) is 7.58. The Hall–Kier alpha value is -2.92. The van der Waals surface area contributed by atoms with Crippen molar-refractivity contribution >= 4 is 45.2 Å². The molecule has 11 heteroatoms. The molecule has 0 unspecified atom stereocenters. The normalized spacial score (nSPS) is 10.5. The van der Waals surface area contributed by atoms with E-state index in [1.165, 1.54) is 24.3 Å². The van der Waals surface area contributed by atoms with E-state index in [9.17, 15) is 14.0 Å². The standard InChI is InChI=1S/C19H16BrFN4O4S/c20-14-3-1-2-4-15(14)23-16(26)9-22-17(27)11-30-19-25-24-18(29-19)10-28-13-7-5-12(21)6-8-13/h1-8H,9-11H2,(H,22,27)(H,23,26). The lowest BCUT2D eigenvalue weighted by Gasteiger charge is -2.07. The number of aromatic nitrogens is 2. The van der Waals surface area contributed by atoms with E-state index in [-0.39, 0.29) is 47.6 Å². The molecule has 2 aromatic carbocycles. The number of anilines is 1. The third kappa shape index (κ3) is 6.85. The van der Waals surface area contributed by atoms with Gasteiger partial charge in [0.25, 0.3) is 11.1 Å². The molecule has 0 aliphatic carbocycles. The molecule has 3 aromatic rings. The minimum absolute atomic E-state index is 0.00274. The summed E-state index contributed by atoms with van der Waals surface area (Å²) in [5.41, 5.74) is 0.618. The smallest absolute Gasteiger partial charge is 0.277 e. The van der Waals surface area contributed by atoms with Crippen LogP contribution in [0.15, 0.2) is 62.6 Å². The number of thioether (sulfide) groups is 1. The average Bonchev–Trinajstić information content (AvgIpc) is 3.20. The van der Waals surface area contributed by atoms with Gasteiger partial charge in [-0.2, -0.15) is 0 Å². The predicted octanol–water partition coefficient (Wildman–Crippen LogP) is 3.40. The predicted molar refractivity (Wildman–Crippen MR) is 112 cm³/mol. The average molecular weight is 495 g/mol. The Kier molecular flexibility index (Phi) is 7.80. The van der Waals surface area contributed by atoms with E-state index in [4.69, 9.17) is 9.15 Å². The number of amides is 2. The molecule has 0 aliphatic heterocycles. The maximum absolute atomic E-state index is 12.9. The lowest BCUT2D eigenvalue weighted by molar-refractivity contribution is -0.122. The summed E-state index contributed by atoms with van der Waals surface area (Å²) in [7, 11) is 0. The lowest BCUT2D eigenvalue weighted by atomic mass is 10.3. The molecule has 0 spiro atoms. The zero-order valence-electron chi connectivity index (χ0n) is 15.4. The zero-order chi connectivity index (χ0) is 21.3. The first kappa shape index (κ1) is 21.8. The van der Waals surface area contributed by atoms with Crippen LogP contribution in [0.4, 0.5) is 10.1 Å². The van der Waals surface area contributed by atoms with Gasteiger partial charge in [-0.25, -0.2) is 4.39 Å². The van der Waals surface area contributed by atoms with Crippen molar-refractivity contribution in [2.75, 3.05) is 17.6 Å². The van der Waals surface area contributed by atoms with E-state index in [1.807, 2.05) is 6.07 Å². The van der Waals surface area contributed by atoms with E-state index >= 15 is 0 Å². The van der Waals surface area contributed by atoms with Crippen LogP contribution in [0.3, 0.4) is 0 Å². The molecular formula is C19H16BrFN4O4S. The second-order valence-electron chi connectivity index (χ2n) is 5.80. The van der Waals surface area contributed by atoms with Crippen molar-refractivity contribution in [1.29, 1.82) is 0 Å². The minimum Gasteiger partial charge on any atom is -0.484 e. The Morgan fingerprint density at radius 2 is 1.87 bits per heavy atom. The van der Waals surface area contributed by atoms with Crippen molar-refractivity contribution in [1.82, 2.24) is 15.5 Å². The Morgan fingerprint density at radius 3 is 2.63 bits per heavy atom. The molecule has 156 valence electrons. The SMILES string of the molecule is O=C(CSc1nnc(COc2ccc(F)cc2)o1)NCC(=O)Nc1ccccc1Br. The Morgan fingerprint density at radius 1 is 1.10 bits per heavy atom. The van der Waals surface area contributed by atoms with Crippen LogP contribution < -0.4 is 15.4 Å². The molecule has 30 heavy (non-hydrogen) atoms. The Bertz CT molecular complexity index is 1020. The van der Waals surface area contributed by atoms with Crippen LogP contribution in [-0.4, -0.2) is 34.3 Å². The molecule has 0 saturated carbocycles. The van der Waals surface area contributed by atoms with Crippen LogP contribution in [0, 0.1) is 5.82 Å². The summed E-state index contributed by atoms with van der Waals surface area (Å²) in [6.07, 6.45) is 0. The molecule has 8 nitrogen and oxygen atoms in total. The van der Waals surface area contributed by atoms with Gasteiger partial charge in [-0.05, 0) is 52.3 Å². The van der Waals surface area contributed by atoms with Crippen LogP contribution in [-0.2, 0) is 16.2 Å². The molecule has 0 bridgehead atoms. The van der Waals surface area contributed by atoms with Gasteiger partial charge in [0.05, 0.1) is 18.0 Å². The first-order valence-corrected chi connectivity index (χ1v) is 10.4. The van der Waals surface area contributed by atoms with Gasteiger partial charge in [0.1, 0.15) is 11.6 Å². The van der Waals surface area contributed by atoms with Crippen molar-refractivity contribution in [2.24, 2.45) is 0 Å². The topological polar surface area (TPSA) is 106 Å². The third-order valence-corrected chi connectivity index (χ3v) is 5.06. The summed E-state index contributed by atoms with van der Waals surface area (Å²) in [5, 5.41) is 13.0. The van der Waals surface area contributed by atoms with Gasteiger partial charge >= 0.3 is 0 Å². The highest BCUT2D eigenvalue weighted by molar-refractivity contribution is 9.10. The molecule has 3 rings (SSSR count). The fourth-order valence-electron chi connectivity index (χ4n) is 2.14. The van der Waals surface area contributed by atoms with Gasteiger partial charge in [-0.15, -0.1) is 10.2 Å². The number of para-hydroxylation sites is 1. The van der Waals surface area contributed by atoms with Gasteiger partial charge in [0, 0.05) is 4.47 Å². The largest absolute Gasteiger partial charge is 0.484 e. The number of nitrogens with zero attached hydrogens (tertiary/aromatic N) is 2. The molecule has 0 aliphatic rings. The fourth-order valence-corrected chi connectivity index (χ4v) is 3.14. The fraction of sp³-hybridized carbons (Fsp3) is 0.158. The highest BCUT2D eigenvalue weighted by atomic mass is 79.9. The number of halogens is 2. The van der Waals surface area contributed by atoms with E-state index in [0.717, 1.165) is 16.2 Å². The molecule has 0 saturated heterocycles. The number of hydrogen-bond acceptors (Lipinski definition) is 7. The van der Waals surface area contributed by atoms with Crippen LogP contribution in [0.2, 0.25) is 0 Å². The van der Waals surface area contributed by atoms with Crippen molar-refractivity contribution in [3.63, 3.8) is 0 Å². The highest BCUT2D eigenvalue weighted by Crippen LogP contribution is 2.21. The molecule has 1 aromatic heterocycles. The number of carbonyl (C=O) groups excluding carboxylic acids is 2. The number of rotatable bonds is 9. The van der Waals surface area contributed by atoms with Gasteiger partial charge < -0.3 is 19.8 Å². The van der Waals surface area contributed by atoms with Crippen molar-refractivity contribution < 1.29 is 23.1 Å². The second kappa shape index (κ2) is 10.7. The van der Waals surface area contributed by atoms with Crippen LogP contribution in [0.5, 0.6) is 5.75 Å². The Labute approximate surface area is 183 Å². The quantitative estimate of drug-likeness (QED) is 0.439. The lowest BCUT2D eigenvalue weighted by Crippen LogP contribution is -2.33. The van der Waals surface area contributed by atoms with E-state index in [2.05, 4.69) is 36.8 Å². The van der Waals surface area contributed by atoms with Crippen molar-refractivity contribution in [2.45, 2.75) is 11.8 Å². The first-order chi connectivity index (χ1) is 14.5. The maximum Gasteiger partial charge on any atom is 0.277 e. The molecule has 2 amide bonds. The van der Waals surface area contributed by atoms with Gasteiger partial charge in [-0.1, -0.05) is 23.9 Å². The van der Waals surface area contributed by atoms with Crippen molar-refractivity contribution in [3.8, 4) is 5.75 Å². The van der Waals surface area contributed by atoms with E-state index in [0.29, 0.717) is 11.4 Å². The van der Waals surface area contributed by atoms with Gasteiger partial charge in [0.15, 0.2) is 6.61 Å². The summed E-state index contributed by atoms with van der Waals surface area (Å²) < 4.78 is 24.4. The zero-order valence-corrected chi connectivity index (χ0v) is 17.8. The Balaban J connectivity index is 1.37. The van der Waals surface area contributed by atoms with E-state index < -0.39 is 0 Å². The third-order valence-electron chi connectivity index (χ3n) is 3.55. The molecule has 0 fully saturated rings. The molecule has 0 radical (unpaired) electrons. The summed E-state index contributed by atoms with van der Waals surface area (Å²) in [5.74, 6) is -0.382. The number of ether oxygens (including phenoxy) is 1. The summed E-state index contributed by atoms with van der Waals surface area (Å²) in [4.78, 5) is 23.8. The van der Waals surface area contributed by atoms with Crippen LogP contribution in [0.25, 0.3) is 0 Å². The van der Waals surface area contributed by atoms with Crippen LogP contribution >= 0.6 is 27.7 Å². The highest BCUT2D eigenvalue weighted by Gasteiger charge is 2.12. The van der Waals surface area contributed by atoms with Crippen molar-refractivity contribution in [3.05, 3.63) is 64.7 Å². The molecule has 1 heterocycles. The maximum atomic E-state index is 12.9. The molecule has 2 N–H and O–H groups in total. The minimum atomic E-state index is -0.359. The summed E-state index contributed by atoms with van der Waals surface area (Å²) in [6, 6.07) is 12.7.